The summed E-state index contributed by atoms with van der Waals surface area (Å²) in [5.74, 6) is 1.69. The van der Waals surface area contributed by atoms with Gasteiger partial charge in [-0.1, -0.05) is 12.1 Å². The summed E-state index contributed by atoms with van der Waals surface area (Å²) in [4.78, 5) is 0. The quantitative estimate of drug-likeness (QED) is 0.844. The van der Waals surface area contributed by atoms with E-state index in [0.29, 0.717) is 0 Å². The average Bonchev–Trinajstić information content (AvgIpc) is 2.70. The van der Waals surface area contributed by atoms with E-state index in [1.54, 1.807) is 0 Å². The third-order valence-electron chi connectivity index (χ3n) is 5.52. The number of fused-ring (bicyclic) bond motifs is 2. The zero-order valence-corrected chi connectivity index (χ0v) is 15.4. The van der Waals surface area contributed by atoms with Crippen LogP contribution in [0, 0.1) is 0 Å². The van der Waals surface area contributed by atoms with Crippen molar-refractivity contribution < 1.29 is 14.6 Å². The van der Waals surface area contributed by atoms with Crippen molar-refractivity contribution in [2.24, 2.45) is 0 Å². The van der Waals surface area contributed by atoms with E-state index in [-0.39, 0.29) is 13.2 Å². The summed E-state index contributed by atoms with van der Waals surface area (Å²) < 4.78 is 11.6. The van der Waals surface area contributed by atoms with Crippen LogP contribution >= 0.6 is 0 Å². The van der Waals surface area contributed by atoms with E-state index in [2.05, 4.69) is 24.3 Å². The van der Waals surface area contributed by atoms with E-state index < -0.39 is 6.10 Å². The molecule has 0 atom stereocenters. The first-order valence-electron chi connectivity index (χ1n) is 9.95. The maximum absolute atomic E-state index is 10.2. The van der Waals surface area contributed by atoms with E-state index in [4.69, 9.17) is 9.47 Å². The van der Waals surface area contributed by atoms with Crippen LogP contribution in [0.4, 0.5) is 0 Å². The molecule has 2 aromatic carbocycles. The topological polar surface area (TPSA) is 38.7 Å². The molecule has 2 aliphatic carbocycles. The third-order valence-corrected chi connectivity index (χ3v) is 5.52. The summed E-state index contributed by atoms with van der Waals surface area (Å²) in [5.41, 5.74) is 5.68. The normalized spacial score (nSPS) is 16.1. The van der Waals surface area contributed by atoms with Crippen LogP contribution in [0.5, 0.6) is 11.5 Å². The lowest BCUT2D eigenvalue weighted by Crippen LogP contribution is -2.25. The summed E-state index contributed by atoms with van der Waals surface area (Å²) in [6.45, 7) is 0.507. The number of hydrogen-bond donors (Lipinski definition) is 1. The SMILES string of the molecule is OC(COc1ccc2c(c1)CCCC2)COc1ccc2c(c1)CCCC2. The molecule has 2 aromatic rings. The number of rotatable bonds is 6. The first kappa shape index (κ1) is 17.4. The molecule has 4 rings (SSSR count). The smallest absolute Gasteiger partial charge is 0.122 e. The molecule has 0 unspecified atom stereocenters. The molecule has 0 saturated carbocycles. The highest BCUT2D eigenvalue weighted by Crippen LogP contribution is 2.26. The number of aliphatic hydroxyl groups excluding tert-OH is 1. The van der Waals surface area contributed by atoms with Gasteiger partial charge in [-0.15, -0.1) is 0 Å². The van der Waals surface area contributed by atoms with E-state index in [1.807, 2.05) is 12.1 Å². The van der Waals surface area contributed by atoms with Gasteiger partial charge >= 0.3 is 0 Å². The molecule has 0 heterocycles. The molecule has 0 saturated heterocycles. The van der Waals surface area contributed by atoms with Crippen LogP contribution < -0.4 is 9.47 Å². The van der Waals surface area contributed by atoms with Gasteiger partial charge in [0, 0.05) is 0 Å². The minimum atomic E-state index is -0.637. The Morgan fingerprint density at radius 2 is 1.08 bits per heavy atom. The van der Waals surface area contributed by atoms with Crippen molar-refractivity contribution in [3.8, 4) is 11.5 Å². The molecular formula is C23H28O3. The highest BCUT2D eigenvalue weighted by atomic mass is 16.5. The van der Waals surface area contributed by atoms with Gasteiger partial charge in [-0.2, -0.15) is 0 Å². The molecule has 0 bridgehead atoms. The van der Waals surface area contributed by atoms with E-state index in [9.17, 15) is 5.11 Å². The fourth-order valence-corrected chi connectivity index (χ4v) is 4.03. The first-order chi connectivity index (χ1) is 12.8. The molecule has 0 radical (unpaired) electrons. The summed E-state index contributed by atoms with van der Waals surface area (Å²) >= 11 is 0. The Morgan fingerprint density at radius 1 is 0.654 bits per heavy atom. The highest BCUT2D eigenvalue weighted by molar-refractivity contribution is 5.38. The molecule has 26 heavy (non-hydrogen) atoms. The minimum absolute atomic E-state index is 0.254. The van der Waals surface area contributed by atoms with Gasteiger partial charge in [-0.05, 0) is 97.9 Å². The van der Waals surface area contributed by atoms with Gasteiger partial charge in [0.1, 0.15) is 30.8 Å². The Bertz CT molecular complexity index is 690. The maximum Gasteiger partial charge on any atom is 0.122 e. The zero-order chi connectivity index (χ0) is 17.8. The molecular weight excluding hydrogens is 324 g/mol. The van der Waals surface area contributed by atoms with Gasteiger partial charge in [-0.3, -0.25) is 0 Å². The van der Waals surface area contributed by atoms with Crippen LogP contribution in [0.1, 0.15) is 47.9 Å². The summed E-state index contributed by atoms with van der Waals surface area (Å²) in [6, 6.07) is 12.6. The molecule has 1 N–H and O–H groups in total. The van der Waals surface area contributed by atoms with Crippen LogP contribution in [-0.2, 0) is 25.7 Å². The van der Waals surface area contributed by atoms with Crippen molar-refractivity contribution in [1.82, 2.24) is 0 Å². The molecule has 0 aliphatic heterocycles. The Hall–Kier alpha value is -2.00. The summed E-state index contributed by atoms with van der Waals surface area (Å²) in [7, 11) is 0. The Balaban J connectivity index is 1.27. The molecule has 3 heteroatoms. The predicted molar refractivity (Wildman–Crippen MR) is 103 cm³/mol. The van der Waals surface area contributed by atoms with Crippen LogP contribution in [0.2, 0.25) is 0 Å². The fourth-order valence-electron chi connectivity index (χ4n) is 4.03. The lowest BCUT2D eigenvalue weighted by atomic mass is 9.92. The van der Waals surface area contributed by atoms with Gasteiger partial charge in [0.05, 0.1) is 0 Å². The summed E-state index contributed by atoms with van der Waals surface area (Å²) in [5, 5.41) is 10.2. The predicted octanol–water partition coefficient (Wildman–Crippen LogP) is 4.26. The van der Waals surface area contributed by atoms with Gasteiger partial charge in [-0.25, -0.2) is 0 Å². The van der Waals surface area contributed by atoms with Crippen LogP contribution in [-0.4, -0.2) is 24.4 Å². The van der Waals surface area contributed by atoms with E-state index in [0.717, 1.165) is 24.3 Å². The summed E-state index contributed by atoms with van der Waals surface area (Å²) in [6.07, 6.45) is 9.06. The molecule has 0 fully saturated rings. The average molecular weight is 352 g/mol. The molecule has 2 aliphatic rings. The lowest BCUT2D eigenvalue weighted by Gasteiger charge is -2.19. The largest absolute Gasteiger partial charge is 0.491 e. The van der Waals surface area contributed by atoms with Gasteiger partial charge in [0.25, 0.3) is 0 Å². The number of hydrogen-bond acceptors (Lipinski definition) is 3. The van der Waals surface area contributed by atoms with Gasteiger partial charge in [0.2, 0.25) is 0 Å². The van der Waals surface area contributed by atoms with Crippen molar-refractivity contribution in [2.75, 3.05) is 13.2 Å². The number of benzene rings is 2. The van der Waals surface area contributed by atoms with Crippen molar-refractivity contribution in [2.45, 2.75) is 57.5 Å². The monoisotopic (exact) mass is 352 g/mol. The van der Waals surface area contributed by atoms with Crippen molar-refractivity contribution in [1.29, 1.82) is 0 Å². The van der Waals surface area contributed by atoms with Crippen LogP contribution in [0.15, 0.2) is 36.4 Å². The second kappa shape index (κ2) is 8.13. The second-order valence-electron chi connectivity index (χ2n) is 7.55. The Morgan fingerprint density at radius 3 is 1.54 bits per heavy atom. The van der Waals surface area contributed by atoms with Gasteiger partial charge < -0.3 is 14.6 Å². The molecule has 0 spiro atoms. The van der Waals surface area contributed by atoms with Crippen molar-refractivity contribution in [3.63, 3.8) is 0 Å². The third kappa shape index (κ3) is 4.21. The number of aliphatic hydroxyl groups is 1. The van der Waals surface area contributed by atoms with Crippen LogP contribution in [0.3, 0.4) is 0 Å². The van der Waals surface area contributed by atoms with Crippen molar-refractivity contribution >= 4 is 0 Å². The second-order valence-corrected chi connectivity index (χ2v) is 7.55. The molecule has 0 amide bonds. The fraction of sp³-hybridized carbons (Fsp3) is 0.478. The number of aryl methyl sites for hydroxylation is 4. The zero-order valence-electron chi connectivity index (χ0n) is 15.4. The first-order valence-corrected chi connectivity index (χ1v) is 9.95. The van der Waals surface area contributed by atoms with E-state index >= 15 is 0 Å². The molecule has 138 valence electrons. The maximum atomic E-state index is 10.2. The van der Waals surface area contributed by atoms with E-state index in [1.165, 1.54) is 60.8 Å². The Labute approximate surface area is 156 Å². The molecule has 3 nitrogen and oxygen atoms in total. The Kier molecular flexibility index (Phi) is 5.45. The highest BCUT2D eigenvalue weighted by Gasteiger charge is 2.13. The van der Waals surface area contributed by atoms with Gasteiger partial charge in [0.15, 0.2) is 0 Å². The molecule has 0 aromatic heterocycles. The standard InChI is InChI=1S/C23H28O3/c24-21(15-25-22-11-9-17-5-1-3-7-19(17)13-22)16-26-23-12-10-18-6-2-4-8-20(18)14-23/h9-14,21,24H,1-8,15-16H2. The number of ether oxygens (including phenoxy) is 2. The minimum Gasteiger partial charge on any atom is -0.491 e. The van der Waals surface area contributed by atoms with Crippen LogP contribution in [0.25, 0.3) is 0 Å². The lowest BCUT2D eigenvalue weighted by molar-refractivity contribution is 0.0625. The van der Waals surface area contributed by atoms with Crippen molar-refractivity contribution in [3.05, 3.63) is 58.7 Å².